The van der Waals surface area contributed by atoms with Crippen molar-refractivity contribution >= 4 is 12.0 Å². The molecular weight excluding hydrogens is 332 g/mol. The van der Waals surface area contributed by atoms with E-state index in [-0.39, 0.29) is 17.7 Å². The summed E-state index contributed by atoms with van der Waals surface area (Å²) in [4.78, 5) is 25.1. The lowest BCUT2D eigenvalue weighted by Crippen LogP contribution is -2.56. The number of rotatable bonds is 4. The highest BCUT2D eigenvalue weighted by atomic mass is 16.6. The molecule has 0 radical (unpaired) electrons. The van der Waals surface area contributed by atoms with Crippen LogP contribution in [0.2, 0.25) is 0 Å². The van der Waals surface area contributed by atoms with E-state index in [4.69, 9.17) is 4.74 Å². The Morgan fingerprint density at radius 3 is 2.69 bits per heavy atom. The van der Waals surface area contributed by atoms with Crippen LogP contribution in [0.3, 0.4) is 0 Å². The first-order chi connectivity index (χ1) is 12.1. The topological polar surface area (TPSA) is 87.7 Å². The molecule has 1 aromatic rings. The number of benzene rings is 1. The molecule has 0 aliphatic heterocycles. The van der Waals surface area contributed by atoms with Crippen molar-refractivity contribution in [3.63, 3.8) is 0 Å². The van der Waals surface area contributed by atoms with Gasteiger partial charge in [-0.25, -0.2) is 4.79 Å². The van der Waals surface area contributed by atoms with Gasteiger partial charge in [0.2, 0.25) is 5.91 Å². The second kappa shape index (κ2) is 7.98. The van der Waals surface area contributed by atoms with Crippen LogP contribution in [0.1, 0.15) is 58.9 Å². The third-order valence-corrected chi connectivity index (χ3v) is 4.78. The monoisotopic (exact) mass is 362 g/mol. The lowest BCUT2D eigenvalue weighted by atomic mass is 9.71. The number of ether oxygens (including phenoxy) is 1. The van der Waals surface area contributed by atoms with E-state index in [2.05, 4.69) is 10.6 Å². The molecule has 1 saturated carbocycles. The minimum Gasteiger partial charge on any atom is -0.508 e. The third kappa shape index (κ3) is 5.38. The van der Waals surface area contributed by atoms with Crippen molar-refractivity contribution in [2.75, 3.05) is 0 Å². The number of nitrogens with one attached hydrogen (secondary N) is 2. The number of aromatic hydroxyl groups is 1. The fourth-order valence-corrected chi connectivity index (χ4v) is 3.34. The van der Waals surface area contributed by atoms with Crippen LogP contribution in [-0.2, 0) is 16.1 Å². The van der Waals surface area contributed by atoms with Crippen LogP contribution in [0.5, 0.6) is 5.75 Å². The Bertz CT molecular complexity index is 653. The highest BCUT2D eigenvalue weighted by molar-refractivity contribution is 5.84. The van der Waals surface area contributed by atoms with Crippen LogP contribution in [0, 0.1) is 5.41 Å². The second-order valence-corrected chi connectivity index (χ2v) is 8.21. The Balaban J connectivity index is 2.02. The summed E-state index contributed by atoms with van der Waals surface area (Å²) in [5, 5.41) is 15.4. The van der Waals surface area contributed by atoms with Crippen LogP contribution in [0.4, 0.5) is 4.79 Å². The first-order valence-electron chi connectivity index (χ1n) is 9.16. The molecule has 2 atom stereocenters. The standard InChI is InChI=1S/C20H30N2O4/c1-19(2,3)26-18(25)22-16-10-5-6-11-20(16,4)17(24)21-13-14-8-7-9-15(23)12-14/h7-9,12,16,23H,5-6,10-11,13H2,1-4H3,(H,21,24)(H,22,25). The SMILES string of the molecule is CC(C)(C)OC(=O)NC1CCCCC1(C)C(=O)NCc1cccc(O)c1. The van der Waals surface area contributed by atoms with Gasteiger partial charge in [-0.1, -0.05) is 25.0 Å². The average Bonchev–Trinajstić information content (AvgIpc) is 2.53. The third-order valence-electron chi connectivity index (χ3n) is 4.78. The van der Waals surface area contributed by atoms with Gasteiger partial charge in [0.25, 0.3) is 0 Å². The quantitative estimate of drug-likeness (QED) is 0.765. The van der Waals surface area contributed by atoms with E-state index in [9.17, 15) is 14.7 Å². The molecule has 2 rings (SSSR count). The largest absolute Gasteiger partial charge is 0.508 e. The van der Waals surface area contributed by atoms with Crippen molar-refractivity contribution in [1.29, 1.82) is 0 Å². The Morgan fingerprint density at radius 1 is 1.31 bits per heavy atom. The van der Waals surface area contributed by atoms with Crippen LogP contribution in [0.25, 0.3) is 0 Å². The predicted molar refractivity (Wildman–Crippen MR) is 99.7 cm³/mol. The van der Waals surface area contributed by atoms with Crippen molar-refractivity contribution in [1.82, 2.24) is 10.6 Å². The zero-order valence-corrected chi connectivity index (χ0v) is 16.1. The summed E-state index contributed by atoms with van der Waals surface area (Å²) in [6.07, 6.45) is 2.88. The number of carbonyl (C=O) groups excluding carboxylic acids is 2. The maximum Gasteiger partial charge on any atom is 0.407 e. The molecule has 0 bridgehead atoms. The maximum atomic E-state index is 12.9. The van der Waals surface area contributed by atoms with Gasteiger partial charge in [0.05, 0.1) is 5.41 Å². The maximum absolute atomic E-state index is 12.9. The predicted octanol–water partition coefficient (Wildman–Crippen LogP) is 3.48. The normalized spacial score (nSPS) is 23.2. The van der Waals surface area contributed by atoms with Crippen molar-refractivity contribution in [3.05, 3.63) is 29.8 Å². The van der Waals surface area contributed by atoms with Crippen LogP contribution in [-0.4, -0.2) is 28.7 Å². The fraction of sp³-hybridized carbons (Fsp3) is 0.600. The van der Waals surface area contributed by atoms with Crippen molar-refractivity contribution < 1.29 is 19.4 Å². The van der Waals surface area contributed by atoms with Gasteiger partial charge in [-0.15, -0.1) is 0 Å². The van der Waals surface area contributed by atoms with E-state index < -0.39 is 17.1 Å². The molecule has 0 heterocycles. The molecular formula is C20H30N2O4. The smallest absolute Gasteiger partial charge is 0.407 e. The van der Waals surface area contributed by atoms with E-state index in [0.717, 1.165) is 24.8 Å². The molecule has 0 aromatic heterocycles. The number of alkyl carbamates (subject to hydrolysis) is 1. The molecule has 6 nitrogen and oxygen atoms in total. The molecule has 1 aromatic carbocycles. The highest BCUT2D eigenvalue weighted by Gasteiger charge is 2.44. The molecule has 1 fully saturated rings. The first kappa shape index (κ1) is 20.1. The van der Waals surface area contributed by atoms with Crippen molar-refractivity contribution in [2.45, 2.75) is 71.6 Å². The van der Waals surface area contributed by atoms with Crippen molar-refractivity contribution in [3.8, 4) is 5.75 Å². The van der Waals surface area contributed by atoms with Gasteiger partial charge in [-0.3, -0.25) is 4.79 Å². The van der Waals surface area contributed by atoms with Crippen LogP contribution in [0.15, 0.2) is 24.3 Å². The summed E-state index contributed by atoms with van der Waals surface area (Å²) in [5.74, 6) is 0.0756. The van der Waals surface area contributed by atoms with Crippen molar-refractivity contribution in [2.24, 2.45) is 5.41 Å². The molecule has 3 N–H and O–H groups in total. The number of carbonyl (C=O) groups is 2. The molecule has 1 aliphatic rings. The summed E-state index contributed by atoms with van der Waals surface area (Å²) in [7, 11) is 0. The number of hydrogen-bond acceptors (Lipinski definition) is 4. The number of amides is 2. The van der Waals surface area contributed by atoms with E-state index in [1.807, 2.05) is 33.8 Å². The van der Waals surface area contributed by atoms with Gasteiger partial charge in [0.15, 0.2) is 0 Å². The number of phenols is 1. The lowest BCUT2D eigenvalue weighted by molar-refractivity contribution is -0.133. The molecule has 0 saturated heterocycles. The van der Waals surface area contributed by atoms with E-state index in [0.29, 0.717) is 13.0 Å². The van der Waals surface area contributed by atoms with E-state index >= 15 is 0 Å². The average molecular weight is 362 g/mol. The number of hydrogen-bond donors (Lipinski definition) is 3. The van der Waals surface area contributed by atoms with E-state index in [1.165, 1.54) is 0 Å². The minimum atomic E-state index is -0.689. The summed E-state index contributed by atoms with van der Waals surface area (Å²) < 4.78 is 5.35. The van der Waals surface area contributed by atoms with Crippen LogP contribution >= 0.6 is 0 Å². The van der Waals surface area contributed by atoms with Gasteiger partial charge >= 0.3 is 6.09 Å². The zero-order chi connectivity index (χ0) is 19.4. The van der Waals surface area contributed by atoms with Crippen LogP contribution < -0.4 is 10.6 Å². The zero-order valence-electron chi connectivity index (χ0n) is 16.1. The van der Waals surface area contributed by atoms with Gasteiger partial charge in [-0.05, 0) is 58.2 Å². The molecule has 6 heteroatoms. The van der Waals surface area contributed by atoms with Gasteiger partial charge in [0.1, 0.15) is 11.4 Å². The second-order valence-electron chi connectivity index (χ2n) is 8.21. The van der Waals surface area contributed by atoms with Gasteiger partial charge in [-0.2, -0.15) is 0 Å². The summed E-state index contributed by atoms with van der Waals surface area (Å²) in [5.41, 5.74) is -0.437. The van der Waals surface area contributed by atoms with E-state index in [1.54, 1.807) is 18.2 Å². The Kier molecular flexibility index (Phi) is 6.16. The summed E-state index contributed by atoms with van der Waals surface area (Å²) >= 11 is 0. The molecule has 2 amide bonds. The lowest BCUT2D eigenvalue weighted by Gasteiger charge is -2.40. The molecule has 0 spiro atoms. The molecule has 144 valence electrons. The minimum absolute atomic E-state index is 0.0957. The Morgan fingerprint density at radius 2 is 2.04 bits per heavy atom. The Labute approximate surface area is 155 Å². The Hall–Kier alpha value is -2.24. The molecule has 26 heavy (non-hydrogen) atoms. The first-order valence-corrected chi connectivity index (χ1v) is 9.16. The molecule has 2 unspecified atom stereocenters. The summed E-state index contributed by atoms with van der Waals surface area (Å²) in [6.45, 7) is 7.67. The number of phenolic OH excluding ortho intramolecular Hbond substituents is 1. The highest BCUT2D eigenvalue weighted by Crippen LogP contribution is 2.36. The summed E-state index contributed by atoms with van der Waals surface area (Å²) in [6, 6.07) is 6.54. The fourth-order valence-electron chi connectivity index (χ4n) is 3.34. The van der Waals surface area contributed by atoms with Gasteiger partial charge in [0, 0.05) is 12.6 Å². The molecule has 1 aliphatic carbocycles. The van der Waals surface area contributed by atoms with Gasteiger partial charge < -0.3 is 20.5 Å².